The Morgan fingerprint density at radius 3 is 2.06 bits per heavy atom. The van der Waals surface area contributed by atoms with Crippen LogP contribution in [0.5, 0.6) is 0 Å². The summed E-state index contributed by atoms with van der Waals surface area (Å²) in [6.45, 7) is 4.24. The van der Waals surface area contributed by atoms with Gasteiger partial charge in [0, 0.05) is 0 Å². The van der Waals surface area contributed by atoms with Gasteiger partial charge < -0.3 is 4.74 Å². The second-order valence-electron chi connectivity index (χ2n) is 4.17. The number of hydrogen-bond acceptors (Lipinski definition) is 3. The van der Waals surface area contributed by atoms with Crippen LogP contribution in [0.25, 0.3) is 0 Å². The molecule has 1 unspecified atom stereocenters. The molecule has 3 nitrogen and oxygen atoms in total. The second-order valence-corrected chi connectivity index (χ2v) is 4.17. The SMILES string of the molecule is CCCCC(CCCC)C(C#N)C(=O)OC. The molecule has 0 fully saturated rings. The van der Waals surface area contributed by atoms with Crippen LogP contribution in [0.2, 0.25) is 0 Å². The lowest BCUT2D eigenvalue weighted by molar-refractivity contribution is -0.145. The first-order valence-electron chi connectivity index (χ1n) is 6.18. The molecule has 0 bridgehead atoms. The summed E-state index contributed by atoms with van der Waals surface area (Å²) in [5, 5.41) is 9.05. The minimum absolute atomic E-state index is 0.164. The van der Waals surface area contributed by atoms with Crippen molar-refractivity contribution >= 4 is 5.97 Å². The quantitative estimate of drug-likeness (QED) is 0.595. The van der Waals surface area contributed by atoms with E-state index >= 15 is 0 Å². The number of nitrogens with zero attached hydrogens (tertiary/aromatic N) is 1. The number of ether oxygens (including phenoxy) is 1. The Balaban J connectivity index is 4.43. The summed E-state index contributed by atoms with van der Waals surface area (Å²) in [6.07, 6.45) is 6.24. The van der Waals surface area contributed by atoms with Gasteiger partial charge in [-0.2, -0.15) is 5.26 Å². The number of hydrogen-bond donors (Lipinski definition) is 0. The monoisotopic (exact) mass is 225 g/mol. The second kappa shape index (κ2) is 9.21. The van der Waals surface area contributed by atoms with Gasteiger partial charge in [-0.1, -0.05) is 39.5 Å². The van der Waals surface area contributed by atoms with Crippen LogP contribution in [-0.4, -0.2) is 13.1 Å². The molecule has 0 aliphatic rings. The van der Waals surface area contributed by atoms with Gasteiger partial charge in [0.15, 0.2) is 0 Å². The van der Waals surface area contributed by atoms with Crippen LogP contribution < -0.4 is 0 Å². The summed E-state index contributed by atoms with van der Waals surface area (Å²) < 4.78 is 4.68. The predicted molar refractivity (Wildman–Crippen MR) is 63.7 cm³/mol. The Bertz CT molecular complexity index is 225. The van der Waals surface area contributed by atoms with E-state index in [0.29, 0.717) is 0 Å². The van der Waals surface area contributed by atoms with Gasteiger partial charge in [-0.05, 0) is 18.8 Å². The van der Waals surface area contributed by atoms with Crippen molar-refractivity contribution in [1.82, 2.24) is 0 Å². The minimum atomic E-state index is -0.580. The van der Waals surface area contributed by atoms with Gasteiger partial charge in [0.1, 0.15) is 5.92 Å². The van der Waals surface area contributed by atoms with E-state index in [4.69, 9.17) is 5.26 Å². The maximum absolute atomic E-state index is 11.5. The number of methoxy groups -OCH3 is 1. The molecule has 1 atom stereocenters. The summed E-state index contributed by atoms with van der Waals surface area (Å²) in [7, 11) is 1.35. The molecule has 0 radical (unpaired) electrons. The normalized spacial score (nSPS) is 12.2. The standard InChI is InChI=1S/C13H23NO2/c1-4-6-8-11(9-7-5-2)12(10-14)13(15)16-3/h11-12H,4-9H2,1-3H3. The molecule has 0 rings (SSSR count). The summed E-state index contributed by atoms with van der Waals surface area (Å²) in [6, 6.07) is 2.10. The fraction of sp³-hybridized carbons (Fsp3) is 0.846. The largest absolute Gasteiger partial charge is 0.468 e. The van der Waals surface area contributed by atoms with E-state index in [1.54, 1.807) is 0 Å². The van der Waals surface area contributed by atoms with Crippen molar-refractivity contribution in [2.75, 3.05) is 7.11 Å². The summed E-state index contributed by atoms with van der Waals surface area (Å²) in [5.41, 5.74) is 0. The van der Waals surface area contributed by atoms with Crippen LogP contribution in [0.3, 0.4) is 0 Å². The van der Waals surface area contributed by atoms with Crippen LogP contribution in [-0.2, 0) is 9.53 Å². The molecule has 3 heteroatoms. The average Bonchev–Trinajstić information content (AvgIpc) is 2.32. The van der Waals surface area contributed by atoms with Crippen LogP contribution in [0.1, 0.15) is 52.4 Å². The minimum Gasteiger partial charge on any atom is -0.468 e. The van der Waals surface area contributed by atoms with Crippen LogP contribution in [0.15, 0.2) is 0 Å². The lowest BCUT2D eigenvalue weighted by Gasteiger charge is -2.19. The molecular formula is C13H23NO2. The summed E-state index contributed by atoms with van der Waals surface area (Å²) in [5.74, 6) is -0.792. The van der Waals surface area contributed by atoms with Crippen LogP contribution in [0, 0.1) is 23.2 Å². The van der Waals surface area contributed by atoms with Crippen molar-refractivity contribution in [3.05, 3.63) is 0 Å². The van der Waals surface area contributed by atoms with E-state index in [-0.39, 0.29) is 11.9 Å². The number of rotatable bonds is 8. The van der Waals surface area contributed by atoms with Gasteiger partial charge >= 0.3 is 5.97 Å². The first-order valence-corrected chi connectivity index (χ1v) is 6.18. The third-order valence-electron chi connectivity index (χ3n) is 2.92. The van der Waals surface area contributed by atoms with Crippen molar-refractivity contribution < 1.29 is 9.53 Å². The van der Waals surface area contributed by atoms with Crippen molar-refractivity contribution in [2.24, 2.45) is 11.8 Å². The molecule has 0 aromatic rings. The zero-order valence-electron chi connectivity index (χ0n) is 10.7. The third kappa shape index (κ3) is 5.16. The molecule has 0 saturated carbocycles. The highest BCUT2D eigenvalue weighted by molar-refractivity contribution is 5.75. The van der Waals surface area contributed by atoms with Gasteiger partial charge in [-0.3, -0.25) is 4.79 Å². The average molecular weight is 225 g/mol. The molecule has 0 saturated heterocycles. The molecule has 0 aliphatic carbocycles. The van der Waals surface area contributed by atoms with E-state index in [2.05, 4.69) is 24.7 Å². The third-order valence-corrected chi connectivity index (χ3v) is 2.92. The number of carbonyl (C=O) groups excluding carboxylic acids is 1. The Kier molecular flexibility index (Phi) is 8.61. The molecule has 0 spiro atoms. The molecule has 92 valence electrons. The lowest BCUT2D eigenvalue weighted by Crippen LogP contribution is -2.24. The molecule has 0 amide bonds. The van der Waals surface area contributed by atoms with Gasteiger partial charge in [0.05, 0.1) is 13.2 Å². The highest BCUT2D eigenvalue weighted by Crippen LogP contribution is 2.25. The zero-order chi connectivity index (χ0) is 12.4. The smallest absolute Gasteiger partial charge is 0.323 e. The first kappa shape index (κ1) is 15.0. The molecule has 0 heterocycles. The van der Waals surface area contributed by atoms with Gasteiger partial charge in [0.25, 0.3) is 0 Å². The molecule has 0 aliphatic heterocycles. The number of carbonyl (C=O) groups is 1. The number of nitriles is 1. The number of unbranched alkanes of at least 4 members (excludes halogenated alkanes) is 2. The molecule has 0 aromatic carbocycles. The fourth-order valence-electron chi connectivity index (χ4n) is 1.89. The van der Waals surface area contributed by atoms with Crippen molar-refractivity contribution in [3.63, 3.8) is 0 Å². The molecular weight excluding hydrogens is 202 g/mol. The molecule has 0 N–H and O–H groups in total. The molecule has 0 aromatic heterocycles. The van der Waals surface area contributed by atoms with Crippen LogP contribution in [0.4, 0.5) is 0 Å². The van der Waals surface area contributed by atoms with Crippen molar-refractivity contribution in [2.45, 2.75) is 52.4 Å². The van der Waals surface area contributed by atoms with Crippen molar-refractivity contribution in [1.29, 1.82) is 5.26 Å². The van der Waals surface area contributed by atoms with E-state index < -0.39 is 5.92 Å². The fourth-order valence-corrected chi connectivity index (χ4v) is 1.89. The topological polar surface area (TPSA) is 50.1 Å². The van der Waals surface area contributed by atoms with E-state index in [9.17, 15) is 4.79 Å². The Morgan fingerprint density at radius 2 is 1.75 bits per heavy atom. The maximum Gasteiger partial charge on any atom is 0.323 e. The predicted octanol–water partition coefficient (Wildman–Crippen LogP) is 3.30. The maximum atomic E-state index is 11.5. The van der Waals surface area contributed by atoms with Gasteiger partial charge in [-0.15, -0.1) is 0 Å². The Labute approximate surface area is 98.8 Å². The van der Waals surface area contributed by atoms with Gasteiger partial charge in [0.2, 0.25) is 0 Å². The van der Waals surface area contributed by atoms with Crippen molar-refractivity contribution in [3.8, 4) is 6.07 Å². The zero-order valence-corrected chi connectivity index (χ0v) is 10.7. The van der Waals surface area contributed by atoms with E-state index in [1.807, 2.05) is 0 Å². The van der Waals surface area contributed by atoms with Crippen LogP contribution >= 0.6 is 0 Å². The first-order chi connectivity index (χ1) is 7.71. The van der Waals surface area contributed by atoms with E-state index in [1.165, 1.54) is 7.11 Å². The lowest BCUT2D eigenvalue weighted by atomic mass is 9.85. The summed E-state index contributed by atoms with van der Waals surface area (Å²) in [4.78, 5) is 11.5. The highest BCUT2D eigenvalue weighted by atomic mass is 16.5. The van der Waals surface area contributed by atoms with Gasteiger partial charge in [-0.25, -0.2) is 0 Å². The summed E-state index contributed by atoms with van der Waals surface area (Å²) >= 11 is 0. The Hall–Kier alpha value is -1.04. The number of esters is 1. The Morgan fingerprint density at radius 1 is 1.25 bits per heavy atom. The molecule has 16 heavy (non-hydrogen) atoms. The van der Waals surface area contributed by atoms with E-state index in [0.717, 1.165) is 38.5 Å². The highest BCUT2D eigenvalue weighted by Gasteiger charge is 2.28.